The number of nitrogens with zero attached hydrogens (tertiary/aromatic N) is 1. The first kappa shape index (κ1) is 7.98. The fourth-order valence-electron chi connectivity index (χ4n) is 1.44. The van der Waals surface area contributed by atoms with Gasteiger partial charge in [-0.15, -0.1) is 0 Å². The van der Waals surface area contributed by atoms with Gasteiger partial charge in [0.25, 0.3) is 0 Å². The Labute approximate surface area is 76.5 Å². The van der Waals surface area contributed by atoms with Crippen molar-refractivity contribution in [2.45, 2.75) is 6.42 Å². The fraction of sp³-hybridized carbons (Fsp3) is 0.200. The van der Waals surface area contributed by atoms with Crippen LogP contribution in [0, 0.1) is 0 Å². The molecule has 0 unspecified atom stereocenters. The second kappa shape index (κ2) is 3.01. The van der Waals surface area contributed by atoms with Gasteiger partial charge in [-0.1, -0.05) is 6.08 Å². The Morgan fingerprint density at radius 3 is 3.08 bits per heavy atom. The van der Waals surface area contributed by atoms with Crippen molar-refractivity contribution in [3.05, 3.63) is 35.1 Å². The third-order valence-electron chi connectivity index (χ3n) is 2.16. The molecule has 0 fully saturated rings. The van der Waals surface area contributed by atoms with Gasteiger partial charge in [0.2, 0.25) is 5.91 Å². The van der Waals surface area contributed by atoms with E-state index in [1.165, 1.54) is 0 Å². The first-order chi connectivity index (χ1) is 6.31. The third kappa shape index (κ3) is 1.33. The summed E-state index contributed by atoms with van der Waals surface area (Å²) in [5.41, 5.74) is 2.90. The summed E-state index contributed by atoms with van der Waals surface area (Å²) in [7, 11) is 1.64. The van der Waals surface area contributed by atoms with Crippen molar-refractivity contribution in [3.8, 4) is 0 Å². The SMILES string of the molecule is CNC(=O)C1=CC=C2N=CC=C2C1. The predicted molar refractivity (Wildman–Crippen MR) is 51.4 cm³/mol. The minimum Gasteiger partial charge on any atom is -0.355 e. The molecule has 1 aliphatic heterocycles. The molecule has 3 nitrogen and oxygen atoms in total. The lowest BCUT2D eigenvalue weighted by Crippen LogP contribution is -2.21. The number of amides is 1. The maximum atomic E-state index is 11.3. The van der Waals surface area contributed by atoms with Crippen LogP contribution in [0.5, 0.6) is 0 Å². The van der Waals surface area contributed by atoms with Crippen molar-refractivity contribution in [1.82, 2.24) is 5.32 Å². The Bertz CT molecular complexity index is 372. The lowest BCUT2D eigenvalue weighted by molar-refractivity contribution is -0.117. The molecule has 1 aliphatic carbocycles. The third-order valence-corrected chi connectivity index (χ3v) is 2.16. The summed E-state index contributed by atoms with van der Waals surface area (Å²) < 4.78 is 0. The zero-order valence-electron chi connectivity index (χ0n) is 7.37. The van der Waals surface area contributed by atoms with E-state index in [1.807, 2.05) is 18.2 Å². The number of carbonyl (C=O) groups excluding carboxylic acids is 1. The molecule has 2 aliphatic rings. The topological polar surface area (TPSA) is 41.5 Å². The van der Waals surface area contributed by atoms with Crippen molar-refractivity contribution in [2.24, 2.45) is 4.99 Å². The first-order valence-electron chi connectivity index (χ1n) is 4.18. The Kier molecular flexibility index (Phi) is 1.85. The highest BCUT2D eigenvalue weighted by Crippen LogP contribution is 2.27. The van der Waals surface area contributed by atoms with Gasteiger partial charge in [0, 0.05) is 25.3 Å². The van der Waals surface area contributed by atoms with E-state index in [9.17, 15) is 4.79 Å². The molecule has 1 heterocycles. The molecule has 1 amide bonds. The Morgan fingerprint density at radius 2 is 2.31 bits per heavy atom. The van der Waals surface area contributed by atoms with Gasteiger partial charge in [0.05, 0.1) is 5.70 Å². The Morgan fingerprint density at radius 1 is 1.46 bits per heavy atom. The number of nitrogens with one attached hydrogen (secondary N) is 1. The van der Waals surface area contributed by atoms with Gasteiger partial charge in [-0.3, -0.25) is 9.79 Å². The Hall–Kier alpha value is -1.64. The van der Waals surface area contributed by atoms with Crippen LogP contribution in [0.15, 0.2) is 40.1 Å². The molecule has 0 saturated heterocycles. The molecular weight excluding hydrogens is 164 g/mol. The van der Waals surface area contributed by atoms with Crippen LogP contribution in [0.4, 0.5) is 0 Å². The van der Waals surface area contributed by atoms with Crippen molar-refractivity contribution in [2.75, 3.05) is 7.05 Å². The van der Waals surface area contributed by atoms with E-state index in [4.69, 9.17) is 0 Å². The minimum atomic E-state index is -0.0110. The normalized spacial score (nSPS) is 18.7. The molecule has 0 atom stereocenters. The van der Waals surface area contributed by atoms with Gasteiger partial charge in [-0.25, -0.2) is 0 Å². The van der Waals surface area contributed by atoms with E-state index in [-0.39, 0.29) is 5.91 Å². The first-order valence-corrected chi connectivity index (χ1v) is 4.18. The summed E-state index contributed by atoms with van der Waals surface area (Å²) in [5.74, 6) is -0.0110. The number of aliphatic imine (C=N–C) groups is 1. The molecule has 13 heavy (non-hydrogen) atoms. The van der Waals surface area contributed by atoms with Crippen LogP contribution >= 0.6 is 0 Å². The van der Waals surface area contributed by atoms with Gasteiger partial charge in [0.1, 0.15) is 0 Å². The van der Waals surface area contributed by atoms with Crippen LogP contribution in [0.25, 0.3) is 0 Å². The van der Waals surface area contributed by atoms with Gasteiger partial charge in [-0.05, 0) is 17.7 Å². The second-order valence-corrected chi connectivity index (χ2v) is 2.97. The number of fused-ring (bicyclic) bond motifs is 1. The van der Waals surface area contributed by atoms with Crippen molar-refractivity contribution >= 4 is 12.1 Å². The molecule has 0 aromatic rings. The molecule has 0 aromatic heterocycles. The molecule has 0 aromatic carbocycles. The van der Waals surface area contributed by atoms with E-state index in [0.29, 0.717) is 6.42 Å². The fourth-order valence-corrected chi connectivity index (χ4v) is 1.44. The molecule has 0 bridgehead atoms. The van der Waals surface area contributed by atoms with Crippen molar-refractivity contribution in [3.63, 3.8) is 0 Å². The van der Waals surface area contributed by atoms with E-state index in [1.54, 1.807) is 13.3 Å². The number of likely N-dealkylation sites (N-methyl/N-ethyl adjacent to an activating group) is 1. The van der Waals surface area contributed by atoms with Gasteiger partial charge in [-0.2, -0.15) is 0 Å². The highest BCUT2D eigenvalue weighted by Gasteiger charge is 2.17. The minimum absolute atomic E-state index is 0.0110. The average molecular weight is 174 g/mol. The molecule has 3 heteroatoms. The largest absolute Gasteiger partial charge is 0.355 e. The van der Waals surface area contributed by atoms with E-state index >= 15 is 0 Å². The van der Waals surface area contributed by atoms with Crippen LogP contribution in [0.2, 0.25) is 0 Å². The summed E-state index contributed by atoms with van der Waals surface area (Å²) in [6, 6.07) is 0. The molecule has 66 valence electrons. The summed E-state index contributed by atoms with van der Waals surface area (Å²) >= 11 is 0. The van der Waals surface area contributed by atoms with Crippen molar-refractivity contribution in [1.29, 1.82) is 0 Å². The van der Waals surface area contributed by atoms with Gasteiger partial charge >= 0.3 is 0 Å². The van der Waals surface area contributed by atoms with Gasteiger partial charge in [0.15, 0.2) is 0 Å². The molecular formula is C10H10N2O. The number of hydrogen-bond donors (Lipinski definition) is 1. The number of allylic oxidation sites excluding steroid dienone is 4. The quantitative estimate of drug-likeness (QED) is 0.632. The van der Waals surface area contributed by atoms with Crippen LogP contribution in [0.3, 0.4) is 0 Å². The molecule has 0 radical (unpaired) electrons. The highest BCUT2D eigenvalue weighted by atomic mass is 16.1. The van der Waals surface area contributed by atoms with Crippen LogP contribution in [-0.2, 0) is 4.79 Å². The summed E-state index contributed by atoms with van der Waals surface area (Å²) in [6.07, 6.45) is 8.10. The van der Waals surface area contributed by atoms with Crippen molar-refractivity contribution < 1.29 is 4.79 Å². The molecule has 1 N–H and O–H groups in total. The van der Waals surface area contributed by atoms with E-state index < -0.39 is 0 Å². The zero-order valence-corrected chi connectivity index (χ0v) is 7.37. The number of carbonyl (C=O) groups is 1. The molecule has 0 spiro atoms. The van der Waals surface area contributed by atoms with E-state index in [2.05, 4.69) is 10.3 Å². The number of hydrogen-bond acceptors (Lipinski definition) is 2. The predicted octanol–water partition coefficient (Wildman–Crippen LogP) is 0.957. The summed E-state index contributed by atoms with van der Waals surface area (Å²) in [5, 5.41) is 2.61. The average Bonchev–Trinajstić information content (AvgIpc) is 2.63. The summed E-state index contributed by atoms with van der Waals surface area (Å²) in [4.78, 5) is 15.4. The highest BCUT2D eigenvalue weighted by molar-refractivity contribution is 5.95. The molecule has 2 rings (SSSR count). The maximum Gasteiger partial charge on any atom is 0.247 e. The second-order valence-electron chi connectivity index (χ2n) is 2.97. The maximum absolute atomic E-state index is 11.3. The number of rotatable bonds is 1. The van der Waals surface area contributed by atoms with E-state index in [0.717, 1.165) is 16.8 Å². The van der Waals surface area contributed by atoms with Gasteiger partial charge < -0.3 is 5.32 Å². The zero-order chi connectivity index (χ0) is 9.26. The van der Waals surface area contributed by atoms with Crippen LogP contribution in [0.1, 0.15) is 6.42 Å². The van der Waals surface area contributed by atoms with Crippen LogP contribution < -0.4 is 5.32 Å². The monoisotopic (exact) mass is 174 g/mol. The molecule has 0 saturated carbocycles. The smallest absolute Gasteiger partial charge is 0.247 e. The Balaban J connectivity index is 2.25. The summed E-state index contributed by atoms with van der Waals surface area (Å²) in [6.45, 7) is 0. The lowest BCUT2D eigenvalue weighted by atomic mass is 9.97. The standard InChI is InChI=1S/C10H10N2O/c1-11-10(13)8-2-3-9-7(6-8)4-5-12-9/h2-5H,6H2,1H3,(H,11,13). The lowest BCUT2D eigenvalue weighted by Gasteiger charge is -2.11. The van der Waals surface area contributed by atoms with Crippen LogP contribution in [-0.4, -0.2) is 19.2 Å².